The quantitative estimate of drug-likeness (QED) is 0.595. The van der Waals surface area contributed by atoms with Gasteiger partial charge in [0.05, 0.1) is 36.1 Å². The van der Waals surface area contributed by atoms with Crippen molar-refractivity contribution in [3.05, 3.63) is 48.0 Å². The zero-order valence-corrected chi connectivity index (χ0v) is 20.8. The van der Waals surface area contributed by atoms with E-state index in [1.165, 1.54) is 12.8 Å². The average molecular weight is 500 g/mol. The van der Waals surface area contributed by atoms with Gasteiger partial charge in [-0.3, -0.25) is 4.79 Å². The lowest BCUT2D eigenvalue weighted by molar-refractivity contribution is 0.102. The molecule has 0 atom stereocenters. The SMILES string of the molecule is O=C(Nc1cc(S(=O)(=O)N2CCCCC2)ccc1N1CCOCC1)c1ccc(OCC2CC2)cc1. The highest BCUT2D eigenvalue weighted by atomic mass is 32.2. The van der Waals surface area contributed by atoms with Gasteiger partial charge in [-0.2, -0.15) is 4.31 Å². The molecule has 8 nitrogen and oxygen atoms in total. The van der Waals surface area contributed by atoms with E-state index in [-0.39, 0.29) is 10.8 Å². The van der Waals surface area contributed by atoms with Gasteiger partial charge in [-0.05, 0) is 74.1 Å². The second kappa shape index (κ2) is 10.6. The molecule has 35 heavy (non-hydrogen) atoms. The highest BCUT2D eigenvalue weighted by Crippen LogP contribution is 2.32. The first-order valence-electron chi connectivity index (χ1n) is 12.5. The van der Waals surface area contributed by atoms with E-state index in [9.17, 15) is 13.2 Å². The Bertz CT molecular complexity index is 1140. The zero-order valence-electron chi connectivity index (χ0n) is 19.9. The molecular formula is C26H33N3O5S. The van der Waals surface area contributed by atoms with Crippen LogP contribution in [-0.4, -0.2) is 64.6 Å². The number of rotatable bonds is 8. The Morgan fingerprint density at radius 3 is 2.37 bits per heavy atom. The second-order valence-corrected chi connectivity index (χ2v) is 11.4. The Morgan fingerprint density at radius 2 is 1.69 bits per heavy atom. The van der Waals surface area contributed by atoms with E-state index < -0.39 is 10.0 Å². The van der Waals surface area contributed by atoms with Gasteiger partial charge in [0, 0.05) is 31.7 Å². The molecule has 0 bridgehead atoms. The predicted octanol–water partition coefficient (Wildman–Crippen LogP) is 3.74. The van der Waals surface area contributed by atoms with Crippen LogP contribution in [0.3, 0.4) is 0 Å². The van der Waals surface area contributed by atoms with Gasteiger partial charge < -0.3 is 19.7 Å². The molecule has 5 rings (SSSR count). The number of benzene rings is 2. The van der Waals surface area contributed by atoms with E-state index in [1.54, 1.807) is 46.8 Å². The molecule has 1 saturated carbocycles. The third-order valence-electron chi connectivity index (χ3n) is 6.82. The number of nitrogens with zero attached hydrogens (tertiary/aromatic N) is 2. The van der Waals surface area contributed by atoms with Gasteiger partial charge in [0.1, 0.15) is 5.75 Å². The van der Waals surface area contributed by atoms with Gasteiger partial charge in [0.25, 0.3) is 5.91 Å². The second-order valence-electron chi connectivity index (χ2n) is 9.48. The van der Waals surface area contributed by atoms with E-state index in [4.69, 9.17) is 9.47 Å². The summed E-state index contributed by atoms with van der Waals surface area (Å²) >= 11 is 0. The van der Waals surface area contributed by atoms with Crippen LogP contribution in [0.5, 0.6) is 5.75 Å². The molecule has 188 valence electrons. The van der Waals surface area contributed by atoms with E-state index in [2.05, 4.69) is 10.2 Å². The van der Waals surface area contributed by atoms with Crippen LogP contribution in [0.4, 0.5) is 11.4 Å². The van der Waals surface area contributed by atoms with Gasteiger partial charge in [0.2, 0.25) is 10.0 Å². The van der Waals surface area contributed by atoms with E-state index in [0.29, 0.717) is 63.2 Å². The van der Waals surface area contributed by atoms with Crippen molar-refractivity contribution in [1.29, 1.82) is 0 Å². The molecule has 2 saturated heterocycles. The normalized spacial score (nSPS) is 19.4. The van der Waals surface area contributed by atoms with Gasteiger partial charge in [-0.25, -0.2) is 8.42 Å². The van der Waals surface area contributed by atoms with Gasteiger partial charge >= 0.3 is 0 Å². The molecule has 2 heterocycles. The largest absolute Gasteiger partial charge is 0.493 e. The van der Waals surface area contributed by atoms with Crippen molar-refractivity contribution < 1.29 is 22.7 Å². The minimum atomic E-state index is -3.62. The molecule has 1 N–H and O–H groups in total. The molecule has 2 aromatic carbocycles. The lowest BCUT2D eigenvalue weighted by atomic mass is 10.1. The first-order valence-corrected chi connectivity index (χ1v) is 14.0. The minimum absolute atomic E-state index is 0.204. The van der Waals surface area contributed by atoms with Crippen LogP contribution in [0, 0.1) is 5.92 Å². The molecule has 3 aliphatic rings. The summed E-state index contributed by atoms with van der Waals surface area (Å²) in [5.41, 5.74) is 1.77. The number of amides is 1. The smallest absolute Gasteiger partial charge is 0.255 e. The third-order valence-corrected chi connectivity index (χ3v) is 8.71. The first-order chi connectivity index (χ1) is 17.0. The van der Waals surface area contributed by atoms with Crippen molar-refractivity contribution >= 4 is 27.3 Å². The summed E-state index contributed by atoms with van der Waals surface area (Å²) in [5.74, 6) is 1.11. The summed E-state index contributed by atoms with van der Waals surface area (Å²) < 4.78 is 39.4. The van der Waals surface area contributed by atoms with Crippen LogP contribution in [0.25, 0.3) is 0 Å². The lowest BCUT2D eigenvalue weighted by Gasteiger charge is -2.31. The Morgan fingerprint density at radius 1 is 0.971 bits per heavy atom. The monoisotopic (exact) mass is 499 g/mol. The summed E-state index contributed by atoms with van der Waals surface area (Å²) in [4.78, 5) is 15.5. The Kier molecular flexibility index (Phi) is 7.27. The molecule has 1 amide bonds. The summed E-state index contributed by atoms with van der Waals surface area (Å²) in [6.07, 6.45) is 5.23. The fraction of sp³-hybridized carbons (Fsp3) is 0.500. The fourth-order valence-electron chi connectivity index (χ4n) is 4.51. The number of carbonyl (C=O) groups is 1. The number of anilines is 2. The first kappa shape index (κ1) is 24.1. The number of morpholine rings is 1. The average Bonchev–Trinajstić information content (AvgIpc) is 3.73. The van der Waals surface area contributed by atoms with Crippen LogP contribution in [0.2, 0.25) is 0 Å². The Balaban J connectivity index is 1.38. The van der Waals surface area contributed by atoms with Gasteiger partial charge in [-0.15, -0.1) is 0 Å². The van der Waals surface area contributed by atoms with Crippen molar-refractivity contribution in [2.45, 2.75) is 37.0 Å². The zero-order chi connectivity index (χ0) is 24.3. The third kappa shape index (κ3) is 5.79. The number of nitrogens with one attached hydrogen (secondary N) is 1. The van der Waals surface area contributed by atoms with Gasteiger partial charge in [-0.1, -0.05) is 6.42 Å². The topological polar surface area (TPSA) is 88.2 Å². The molecule has 0 unspecified atom stereocenters. The molecule has 0 spiro atoms. The van der Waals surface area contributed by atoms with Crippen LogP contribution >= 0.6 is 0 Å². The summed E-state index contributed by atoms with van der Waals surface area (Å²) in [7, 11) is -3.62. The molecule has 1 aliphatic carbocycles. The highest BCUT2D eigenvalue weighted by molar-refractivity contribution is 7.89. The standard InChI is InChI=1S/C26H33N3O5S/c30-26(21-6-8-22(9-7-21)34-19-20-4-5-20)27-24-18-23(35(31,32)29-12-2-1-3-13-29)10-11-25(24)28-14-16-33-17-15-28/h6-11,18,20H,1-5,12-17,19H2,(H,27,30). The van der Waals surface area contributed by atoms with Crippen molar-refractivity contribution in [3.63, 3.8) is 0 Å². The fourth-order valence-corrected chi connectivity index (χ4v) is 6.05. The van der Waals surface area contributed by atoms with E-state index >= 15 is 0 Å². The maximum absolute atomic E-state index is 13.3. The molecule has 9 heteroatoms. The van der Waals surface area contributed by atoms with Gasteiger partial charge in [0.15, 0.2) is 0 Å². The van der Waals surface area contributed by atoms with Crippen molar-refractivity contribution in [2.24, 2.45) is 5.92 Å². The number of sulfonamides is 1. The molecule has 0 radical (unpaired) electrons. The van der Waals surface area contributed by atoms with Crippen LogP contribution in [-0.2, 0) is 14.8 Å². The van der Waals surface area contributed by atoms with Crippen LogP contribution in [0.15, 0.2) is 47.4 Å². The molecule has 2 aromatic rings. The summed E-state index contributed by atoms with van der Waals surface area (Å²) in [5, 5.41) is 2.97. The van der Waals surface area contributed by atoms with E-state index in [1.807, 2.05) is 0 Å². The Hall–Kier alpha value is -2.62. The van der Waals surface area contributed by atoms with Crippen molar-refractivity contribution in [3.8, 4) is 5.75 Å². The van der Waals surface area contributed by atoms with Crippen molar-refractivity contribution in [2.75, 3.05) is 56.2 Å². The molecular weight excluding hydrogens is 466 g/mol. The molecule has 2 aliphatic heterocycles. The summed E-state index contributed by atoms with van der Waals surface area (Å²) in [6, 6.07) is 12.1. The molecule has 0 aromatic heterocycles. The number of piperidine rings is 1. The lowest BCUT2D eigenvalue weighted by Crippen LogP contribution is -2.37. The minimum Gasteiger partial charge on any atom is -0.493 e. The number of ether oxygens (including phenoxy) is 2. The molecule has 3 fully saturated rings. The maximum atomic E-state index is 13.3. The highest BCUT2D eigenvalue weighted by Gasteiger charge is 2.28. The number of hydrogen-bond acceptors (Lipinski definition) is 6. The maximum Gasteiger partial charge on any atom is 0.255 e. The van der Waals surface area contributed by atoms with E-state index in [0.717, 1.165) is 30.7 Å². The van der Waals surface area contributed by atoms with Crippen LogP contribution in [0.1, 0.15) is 42.5 Å². The van der Waals surface area contributed by atoms with Crippen LogP contribution < -0.4 is 15.0 Å². The summed E-state index contributed by atoms with van der Waals surface area (Å²) in [6.45, 7) is 4.30. The number of carbonyl (C=O) groups excluding carboxylic acids is 1. The number of hydrogen-bond donors (Lipinski definition) is 1. The van der Waals surface area contributed by atoms with Crippen molar-refractivity contribution in [1.82, 2.24) is 4.31 Å². The predicted molar refractivity (Wildman–Crippen MR) is 135 cm³/mol. The Labute approximate surface area is 207 Å².